The molecule has 6 aromatic rings. The van der Waals surface area contributed by atoms with Gasteiger partial charge in [0.05, 0.1) is 96.3 Å². The van der Waals surface area contributed by atoms with Crippen molar-refractivity contribution in [3.8, 4) is 35.5 Å². The molecule has 544 valence electrons. The van der Waals surface area contributed by atoms with E-state index in [2.05, 4.69) is 76.7 Å². The first-order valence-electron chi connectivity index (χ1n) is 31.3. The predicted molar refractivity (Wildman–Crippen MR) is 347 cm³/mol. The quantitative estimate of drug-likeness (QED) is 0.0373. The van der Waals surface area contributed by atoms with Crippen LogP contribution in [0.5, 0.6) is 0 Å². The smallest absolute Gasteiger partial charge is 0.330 e. The summed E-state index contributed by atoms with van der Waals surface area (Å²) < 4.78 is 82.1. The second-order valence-electron chi connectivity index (χ2n) is 23.8. The molecular formula is C61H63N15O25P2-2. The Labute approximate surface area is 579 Å². The normalized spacial score (nSPS) is 28.9. The molecule has 3 amide bonds. The summed E-state index contributed by atoms with van der Waals surface area (Å²) in [7, 11) is -10.1. The van der Waals surface area contributed by atoms with E-state index in [1.165, 1.54) is 62.1 Å². The second kappa shape index (κ2) is 31.3. The van der Waals surface area contributed by atoms with E-state index >= 15 is 0 Å². The number of nitrogen functional groups attached to an aromatic ring is 1. The lowest BCUT2D eigenvalue weighted by Crippen LogP contribution is -2.53. The van der Waals surface area contributed by atoms with Gasteiger partial charge in [0.2, 0.25) is 11.8 Å². The third-order valence-electron chi connectivity index (χ3n) is 16.9. The maximum absolute atomic E-state index is 14.1. The number of nitro groups is 2. The number of benzene rings is 2. The molecule has 13 rings (SSSR count). The molecular weight excluding hydrogens is 1400 g/mol. The number of aromatic amines is 2. The van der Waals surface area contributed by atoms with Crippen LogP contribution in [0.1, 0.15) is 103 Å². The summed E-state index contributed by atoms with van der Waals surface area (Å²) in [4.78, 5) is 159. The number of carbonyl (C=O) groups excluding carboxylic acids is 3. The number of rotatable bonds is 5. The average Bonchev–Trinajstić information content (AvgIpc) is 1.82. The Morgan fingerprint density at radius 1 is 0.689 bits per heavy atom. The van der Waals surface area contributed by atoms with E-state index < -0.39 is 214 Å². The Hall–Kier alpha value is -9.99. The van der Waals surface area contributed by atoms with Crippen molar-refractivity contribution >= 4 is 61.6 Å². The number of amides is 3. The number of aliphatic hydroxyl groups excluding tert-OH is 1. The van der Waals surface area contributed by atoms with Gasteiger partial charge >= 0.3 is 11.4 Å². The number of nitrogens with two attached hydrogens (primary N) is 2. The molecule has 40 nitrogen and oxygen atoms in total. The number of aliphatic hydroxyl groups is 1. The van der Waals surface area contributed by atoms with Gasteiger partial charge in [-0.05, 0) is 38.1 Å². The minimum atomic E-state index is -5.67. The van der Waals surface area contributed by atoms with Crippen molar-refractivity contribution in [2.24, 2.45) is 5.73 Å². The highest BCUT2D eigenvalue weighted by atomic mass is 31.2. The van der Waals surface area contributed by atoms with Crippen LogP contribution in [0.15, 0.2) is 80.5 Å². The molecule has 7 aliphatic heterocycles. The fraction of sp³-hybridized carbons (Fsp3) is 0.426. The molecule has 0 aliphatic carbocycles. The minimum absolute atomic E-state index is 0.0605. The highest BCUT2D eigenvalue weighted by molar-refractivity contribution is 7.46. The number of fused-ring (bicyclic) bond motifs is 21. The molecule has 11 heterocycles. The van der Waals surface area contributed by atoms with E-state index in [0.717, 1.165) is 33.9 Å². The Morgan fingerprint density at radius 3 is 1.91 bits per heavy atom. The number of phosphoric ester groups is 2. The maximum Gasteiger partial charge on any atom is 0.330 e. The molecule has 18 bridgehead atoms. The predicted octanol–water partition coefficient (Wildman–Crippen LogP) is -2.51. The van der Waals surface area contributed by atoms with E-state index in [0.29, 0.717) is 0 Å². The van der Waals surface area contributed by atoms with Crippen molar-refractivity contribution in [3.63, 3.8) is 0 Å². The molecule has 2 aromatic carbocycles. The van der Waals surface area contributed by atoms with Crippen LogP contribution in [0.4, 0.5) is 17.2 Å². The van der Waals surface area contributed by atoms with E-state index in [4.69, 9.17) is 53.2 Å². The zero-order valence-corrected chi connectivity index (χ0v) is 56.1. The largest absolute Gasteiger partial charge is 0.756 e. The zero-order valence-electron chi connectivity index (χ0n) is 54.3. The molecule has 6 unspecified atom stereocenters. The highest BCUT2D eigenvalue weighted by Crippen LogP contribution is 2.49. The van der Waals surface area contributed by atoms with Crippen molar-refractivity contribution < 1.29 is 90.0 Å². The number of hydrogen-bond acceptors (Lipinski definition) is 30. The van der Waals surface area contributed by atoms with Crippen LogP contribution < -0.4 is 65.0 Å². The van der Waals surface area contributed by atoms with E-state index in [-0.39, 0.29) is 63.3 Å². The van der Waals surface area contributed by atoms with Gasteiger partial charge in [-0.15, -0.1) is 0 Å². The number of carbonyl (C=O) groups is 3. The van der Waals surface area contributed by atoms with Gasteiger partial charge in [-0.3, -0.25) is 77.8 Å². The van der Waals surface area contributed by atoms with Gasteiger partial charge in [0.1, 0.15) is 65.9 Å². The summed E-state index contributed by atoms with van der Waals surface area (Å²) in [6.07, 6.45) is -13.5. The fourth-order valence-electron chi connectivity index (χ4n) is 11.8. The Morgan fingerprint density at radius 2 is 1.26 bits per heavy atom. The number of nitro benzene ring substituents is 2. The van der Waals surface area contributed by atoms with Crippen LogP contribution in [0.25, 0.3) is 11.0 Å². The number of aromatic nitrogens is 7. The third kappa shape index (κ3) is 17.2. The SMILES string of the molecule is COC[C@H]1O[C@@H]2C[C@@H]1OP(=O)([O-])OC[C@H]1O[C@@H]3C[C@@H]1OP(=O)([O-])OC[C@H]1O[C@H](C[C@@H]1O)n1cc(c4c(N)ncnc41)C#Cc1ccc(c([N+](=O)[O-])c1)C(C)NC(CN)C(=O)NCC(OC(C)c1ccc(cc1[N+](=O)[O-])C#Cc1cn3c(=O)[nH]c1=O)C(=O)NCC(=O)NCC#Cc1cn2c(=O)[nH]c1=O. The van der Waals surface area contributed by atoms with Crippen molar-refractivity contribution in [1.82, 2.24) is 54.9 Å². The Kier molecular flexibility index (Phi) is 22.6. The van der Waals surface area contributed by atoms with Crippen LogP contribution in [-0.2, 0) is 65.3 Å². The Balaban J connectivity index is 0.991. The van der Waals surface area contributed by atoms with Crippen LogP contribution in [0.3, 0.4) is 0 Å². The highest BCUT2D eigenvalue weighted by Gasteiger charge is 2.45. The number of ether oxygens (including phenoxy) is 5. The molecule has 11 N–H and O–H groups in total. The third-order valence-corrected chi connectivity index (χ3v) is 18.9. The van der Waals surface area contributed by atoms with Crippen molar-refractivity contribution in [3.05, 3.63) is 162 Å². The lowest BCUT2D eigenvalue weighted by molar-refractivity contribution is -0.386. The first-order chi connectivity index (χ1) is 49.1. The lowest BCUT2D eigenvalue weighted by Gasteiger charge is -2.31. The van der Waals surface area contributed by atoms with Gasteiger partial charge in [-0.1, -0.05) is 35.5 Å². The number of nitrogens with zero attached hydrogens (tertiary/aromatic N) is 7. The topological polar surface area (TPSA) is 562 Å². The molecule has 4 aromatic heterocycles. The number of nitrogens with one attached hydrogen (secondary N) is 6. The lowest BCUT2D eigenvalue weighted by atomic mass is 10.0. The molecule has 0 radical (unpaired) electrons. The van der Waals surface area contributed by atoms with Crippen LogP contribution in [-0.4, -0.2) is 168 Å². The maximum atomic E-state index is 14.1. The standard InChI is InChI=1S/C61H65N15O25P2/c1-30-37-12-8-32(15-40(37)75(85)86)6-10-34-23-72(55-53(34)54(63)67-29-68-55)50-17-42(77)46(97-50)27-94-102(89,90)101-44-19-52-74-25-36(57(80)71-61(74)84)11-7-33-9-13-38(41(16-33)76(87)88)31(2)96-45(21-65-58(81)39(20-62)69-30)59(82)66-22-49(78)64-14-4-5-35-24-73(60(83)70-56(35)79)51-18-43(47(98-51)26-93-3)100-103(91,92)95-28-48(44)99-52/h8-9,12-13,15-16,23-25,29-31,39,42-48,50-52,69,77H,14,17-22,26-28,62H2,1-3H3,(H,64,78)(H,65,81)(H,66,82)(H,89,90)(H,91,92)(H2,63,67,68)(H,70,79,83)(H,71,80,84)/p-2/t30?,31?,39?,42-,43-,44-,45?,46+,47+,48+,50+,51+,52+/m0/s1. The van der Waals surface area contributed by atoms with Crippen LogP contribution in [0.2, 0.25) is 0 Å². The fourth-order valence-corrected chi connectivity index (χ4v) is 13.7. The van der Waals surface area contributed by atoms with E-state index in [9.17, 15) is 77.8 Å². The van der Waals surface area contributed by atoms with E-state index in [1.54, 1.807) is 0 Å². The van der Waals surface area contributed by atoms with Gasteiger partial charge in [0.25, 0.3) is 44.0 Å². The van der Waals surface area contributed by atoms with Gasteiger partial charge in [0.15, 0.2) is 6.10 Å². The van der Waals surface area contributed by atoms with Crippen molar-refractivity contribution in [2.75, 3.05) is 58.8 Å². The number of anilines is 1. The van der Waals surface area contributed by atoms with Gasteiger partial charge in [-0.2, -0.15) is 0 Å². The van der Waals surface area contributed by atoms with Gasteiger partial charge in [0, 0.05) is 86.4 Å². The first-order valence-corrected chi connectivity index (χ1v) is 34.2. The molecule has 3 fully saturated rings. The number of hydrogen-bond donors (Lipinski definition) is 9. The summed E-state index contributed by atoms with van der Waals surface area (Å²) in [5.74, 6) is 13.1. The summed E-state index contributed by atoms with van der Waals surface area (Å²) >= 11 is 0. The summed E-state index contributed by atoms with van der Waals surface area (Å²) in [5, 5.41) is 47.4. The zero-order chi connectivity index (χ0) is 73.8. The summed E-state index contributed by atoms with van der Waals surface area (Å²) in [6.45, 7) is -1.96. The molecule has 7 aliphatic rings. The molecule has 15 atom stereocenters. The number of methoxy groups -OCH3 is 1. The van der Waals surface area contributed by atoms with Crippen LogP contribution >= 0.6 is 15.6 Å². The molecule has 0 spiro atoms. The average molecular weight is 1470 g/mol. The number of phosphoric acid groups is 2. The van der Waals surface area contributed by atoms with Crippen molar-refractivity contribution in [2.45, 2.75) is 113 Å². The first kappa shape index (κ1) is 74.2. The van der Waals surface area contributed by atoms with Gasteiger partial charge in [-0.25, -0.2) is 19.6 Å². The van der Waals surface area contributed by atoms with Gasteiger partial charge < -0.3 is 88.7 Å². The Bertz CT molecular complexity index is 4910. The molecule has 0 saturated carbocycles. The molecule has 103 heavy (non-hydrogen) atoms. The summed E-state index contributed by atoms with van der Waals surface area (Å²) in [5.41, 5.74) is 6.41. The monoisotopic (exact) mass is 1470 g/mol. The van der Waals surface area contributed by atoms with E-state index in [1.807, 2.05) is 0 Å². The van der Waals surface area contributed by atoms with Crippen molar-refractivity contribution in [1.29, 1.82) is 0 Å². The molecule has 42 heteroatoms. The number of H-pyrrole nitrogens is 2. The minimum Gasteiger partial charge on any atom is -0.756 e. The second-order valence-corrected chi connectivity index (χ2v) is 26.5. The van der Waals surface area contributed by atoms with Crippen LogP contribution in [0, 0.1) is 55.8 Å². The summed E-state index contributed by atoms with van der Waals surface area (Å²) in [6, 6.07) is 5.15. The molecule has 3 saturated heterocycles.